The first-order valence-corrected chi connectivity index (χ1v) is 12.0. The van der Waals surface area contributed by atoms with E-state index in [0.29, 0.717) is 17.2 Å². The molecule has 33 heavy (non-hydrogen) atoms. The minimum Gasteiger partial charge on any atom is -0.266 e. The molecule has 0 aliphatic heterocycles. The van der Waals surface area contributed by atoms with Gasteiger partial charge in [-0.15, -0.1) is 0 Å². The van der Waals surface area contributed by atoms with Crippen molar-refractivity contribution in [2.45, 2.75) is 55.4 Å². The average Bonchev–Trinajstić information content (AvgIpc) is 3.43. The smallest absolute Gasteiger partial charge is 0.103 e. The molecule has 0 radical (unpaired) electrons. The quantitative estimate of drug-likeness (QED) is 0.371. The molecule has 1 aromatic carbocycles. The first-order chi connectivity index (χ1) is 16.1. The van der Waals surface area contributed by atoms with Crippen molar-refractivity contribution in [2.24, 2.45) is 5.92 Å². The number of pyridine rings is 1. The molecule has 0 amide bonds. The zero-order chi connectivity index (χ0) is 22.9. The minimum atomic E-state index is 0.449. The van der Waals surface area contributed by atoms with E-state index in [0.717, 1.165) is 38.0 Å². The summed E-state index contributed by atoms with van der Waals surface area (Å²) in [6.45, 7) is 4.46. The van der Waals surface area contributed by atoms with Gasteiger partial charge in [-0.2, -0.15) is 20.7 Å². The van der Waals surface area contributed by atoms with Crippen LogP contribution >= 0.6 is 11.8 Å². The van der Waals surface area contributed by atoms with Crippen LogP contribution in [-0.2, 0) is 0 Å². The van der Waals surface area contributed by atoms with Crippen molar-refractivity contribution in [3.63, 3.8) is 0 Å². The molecule has 4 aromatic rings. The van der Waals surface area contributed by atoms with Crippen LogP contribution in [0.25, 0.3) is 16.6 Å². The summed E-state index contributed by atoms with van der Waals surface area (Å²) in [4.78, 5) is 1.75. The second-order valence-corrected chi connectivity index (χ2v) is 9.85. The van der Waals surface area contributed by atoms with E-state index in [1.165, 1.54) is 37.4 Å². The molecule has 0 unspecified atom stereocenters. The molecular formula is C26H24N6S. The molecule has 0 bridgehead atoms. The molecule has 0 saturated heterocycles. The van der Waals surface area contributed by atoms with Crippen LogP contribution < -0.4 is 0 Å². The molecular weight excluding hydrogens is 428 g/mol. The second kappa shape index (κ2) is 8.77. The lowest BCUT2D eigenvalue weighted by atomic mass is 9.87. The highest BCUT2D eigenvalue weighted by Crippen LogP contribution is 2.39. The molecule has 164 valence electrons. The van der Waals surface area contributed by atoms with E-state index in [4.69, 9.17) is 5.10 Å². The highest BCUT2D eigenvalue weighted by Gasteiger charge is 2.23. The molecule has 3 heterocycles. The fourth-order valence-corrected chi connectivity index (χ4v) is 5.81. The van der Waals surface area contributed by atoms with Crippen LogP contribution in [0.1, 0.15) is 55.5 Å². The van der Waals surface area contributed by atoms with E-state index in [-0.39, 0.29) is 0 Å². The highest BCUT2D eigenvalue weighted by molar-refractivity contribution is 7.99. The largest absolute Gasteiger partial charge is 0.266 e. The second-order valence-electron chi connectivity index (χ2n) is 8.77. The van der Waals surface area contributed by atoms with Gasteiger partial charge in [0.2, 0.25) is 0 Å². The van der Waals surface area contributed by atoms with Gasteiger partial charge in [0.15, 0.2) is 0 Å². The lowest BCUT2D eigenvalue weighted by Crippen LogP contribution is -2.18. The number of nitriles is 2. The lowest BCUT2D eigenvalue weighted by Gasteiger charge is -2.27. The van der Waals surface area contributed by atoms with Crippen LogP contribution in [0.5, 0.6) is 0 Å². The van der Waals surface area contributed by atoms with Gasteiger partial charge < -0.3 is 0 Å². The van der Waals surface area contributed by atoms with Gasteiger partial charge in [-0.05, 0) is 56.7 Å². The average molecular weight is 453 g/mol. The van der Waals surface area contributed by atoms with Crippen LogP contribution in [0.15, 0.2) is 58.7 Å². The molecule has 1 fully saturated rings. The van der Waals surface area contributed by atoms with Crippen molar-refractivity contribution in [3.8, 4) is 23.3 Å². The first-order valence-electron chi connectivity index (χ1n) is 11.2. The molecule has 1 aliphatic carbocycles. The maximum atomic E-state index is 9.63. The monoisotopic (exact) mass is 452 g/mol. The van der Waals surface area contributed by atoms with Crippen LogP contribution in [-0.4, -0.2) is 19.4 Å². The zero-order valence-corrected chi connectivity index (χ0v) is 19.5. The van der Waals surface area contributed by atoms with Gasteiger partial charge in [0.05, 0.1) is 35.1 Å². The van der Waals surface area contributed by atoms with Crippen molar-refractivity contribution >= 4 is 17.3 Å². The van der Waals surface area contributed by atoms with Crippen molar-refractivity contribution in [2.75, 3.05) is 0 Å². The third-order valence-corrected chi connectivity index (χ3v) is 7.72. The third kappa shape index (κ3) is 3.90. The SMILES string of the molecule is Cc1c(-c2cc(Sc3ccccc3C#N)c3c(C#N)cnn3c2)cnn1C1CCC(C)CC1. The van der Waals surface area contributed by atoms with E-state index in [2.05, 4.69) is 41.8 Å². The molecule has 0 spiro atoms. The summed E-state index contributed by atoms with van der Waals surface area (Å²) >= 11 is 1.49. The Morgan fingerprint density at radius 2 is 1.73 bits per heavy atom. The molecule has 0 atom stereocenters. The molecule has 7 heteroatoms. The Hall–Kier alpha value is -3.55. The van der Waals surface area contributed by atoms with E-state index in [9.17, 15) is 10.5 Å². The van der Waals surface area contributed by atoms with Crippen LogP contribution in [0.2, 0.25) is 0 Å². The molecule has 6 nitrogen and oxygen atoms in total. The topological polar surface area (TPSA) is 82.7 Å². The fourth-order valence-electron chi connectivity index (χ4n) is 4.72. The Kier molecular flexibility index (Phi) is 5.66. The normalized spacial score (nSPS) is 18.2. The van der Waals surface area contributed by atoms with E-state index >= 15 is 0 Å². The lowest BCUT2D eigenvalue weighted by molar-refractivity contribution is 0.271. The summed E-state index contributed by atoms with van der Waals surface area (Å²) in [6, 6.07) is 14.6. The zero-order valence-electron chi connectivity index (χ0n) is 18.7. The molecule has 5 rings (SSSR count). The van der Waals surface area contributed by atoms with E-state index < -0.39 is 0 Å². The first kappa shape index (κ1) is 21.3. The van der Waals surface area contributed by atoms with Crippen LogP contribution in [0, 0.1) is 35.5 Å². The summed E-state index contributed by atoms with van der Waals surface area (Å²) in [5.41, 5.74) is 5.10. The van der Waals surface area contributed by atoms with Crippen molar-refractivity contribution in [1.82, 2.24) is 19.4 Å². The number of hydrogen-bond donors (Lipinski definition) is 0. The Bertz CT molecular complexity index is 1410. The van der Waals surface area contributed by atoms with Crippen molar-refractivity contribution < 1.29 is 0 Å². The number of benzene rings is 1. The number of nitrogens with zero attached hydrogens (tertiary/aromatic N) is 6. The molecule has 1 aliphatic rings. The predicted octanol–water partition coefficient (Wildman–Crippen LogP) is 6.15. The van der Waals surface area contributed by atoms with Gasteiger partial charge in [0.1, 0.15) is 12.1 Å². The van der Waals surface area contributed by atoms with E-state index in [1.54, 1.807) is 10.7 Å². The Morgan fingerprint density at radius 3 is 2.48 bits per heavy atom. The number of hydrogen-bond acceptors (Lipinski definition) is 5. The van der Waals surface area contributed by atoms with E-state index in [1.807, 2.05) is 36.7 Å². The predicted molar refractivity (Wildman–Crippen MR) is 128 cm³/mol. The van der Waals surface area contributed by atoms with Gasteiger partial charge >= 0.3 is 0 Å². The van der Waals surface area contributed by atoms with Crippen molar-refractivity contribution in [1.29, 1.82) is 10.5 Å². The van der Waals surface area contributed by atoms with Gasteiger partial charge in [0.25, 0.3) is 0 Å². The molecule has 3 aromatic heterocycles. The Balaban J connectivity index is 1.60. The number of rotatable bonds is 4. The van der Waals surface area contributed by atoms with Gasteiger partial charge in [-0.1, -0.05) is 30.8 Å². The summed E-state index contributed by atoms with van der Waals surface area (Å²) in [7, 11) is 0. The van der Waals surface area contributed by atoms with Crippen LogP contribution in [0.3, 0.4) is 0 Å². The van der Waals surface area contributed by atoms with Gasteiger partial charge in [-0.3, -0.25) is 4.68 Å². The standard InChI is InChI=1S/C26H24N6S/c1-17-7-9-22(10-8-17)32-18(2)23(15-30-32)20-11-25(26-21(13-28)14-29-31(26)16-20)33-24-6-4-3-5-19(24)12-27/h3-6,11,14-17,22H,7-10H2,1-2H3. The Labute approximate surface area is 197 Å². The number of aromatic nitrogens is 4. The van der Waals surface area contributed by atoms with Crippen molar-refractivity contribution in [3.05, 3.63) is 65.7 Å². The summed E-state index contributed by atoms with van der Waals surface area (Å²) < 4.78 is 3.96. The Morgan fingerprint density at radius 1 is 0.970 bits per heavy atom. The van der Waals surface area contributed by atoms with Gasteiger partial charge in [0, 0.05) is 32.8 Å². The van der Waals surface area contributed by atoms with Gasteiger partial charge in [-0.25, -0.2) is 4.52 Å². The third-order valence-electron chi connectivity index (χ3n) is 6.61. The molecule has 0 N–H and O–H groups in total. The van der Waals surface area contributed by atoms with Crippen LogP contribution in [0.4, 0.5) is 0 Å². The maximum absolute atomic E-state index is 9.63. The summed E-state index contributed by atoms with van der Waals surface area (Å²) in [6.07, 6.45) is 10.3. The summed E-state index contributed by atoms with van der Waals surface area (Å²) in [5, 5.41) is 28.4. The highest BCUT2D eigenvalue weighted by atomic mass is 32.2. The fraction of sp³-hybridized carbons (Fsp3) is 0.308. The molecule has 1 saturated carbocycles. The maximum Gasteiger partial charge on any atom is 0.103 e. The summed E-state index contributed by atoms with van der Waals surface area (Å²) in [5.74, 6) is 0.795. The number of fused-ring (bicyclic) bond motifs is 1. The minimum absolute atomic E-state index is 0.449.